The summed E-state index contributed by atoms with van der Waals surface area (Å²) < 4.78 is 10.2. The largest absolute Gasteiger partial charge is 0.488 e. The number of aryl methyl sites for hydroxylation is 1. The van der Waals surface area contributed by atoms with E-state index in [4.69, 9.17) is 4.74 Å². The Morgan fingerprint density at radius 3 is 2.70 bits per heavy atom. The Morgan fingerprint density at radius 1 is 1.15 bits per heavy atom. The standard InChI is InChI=1S/C21H30N4O2/c1-24-19-17(25(20(24)26)15-4-3-9-23-14-15)5-2-6-18(19)27-16-12-21(13-16)7-10-22-11-8-21/h2,5-6,15-16,22-23H,3-4,7-14H2,1H3. The normalized spacial score (nSPS) is 25.6. The van der Waals surface area contributed by atoms with E-state index in [0.717, 1.165) is 68.6 Å². The van der Waals surface area contributed by atoms with E-state index >= 15 is 0 Å². The molecule has 1 spiro atoms. The summed E-state index contributed by atoms with van der Waals surface area (Å²) in [5.41, 5.74) is 2.51. The summed E-state index contributed by atoms with van der Waals surface area (Å²) >= 11 is 0. The second-order valence-electron chi connectivity index (χ2n) is 8.73. The van der Waals surface area contributed by atoms with Crippen LogP contribution in [0.1, 0.15) is 44.6 Å². The Bertz CT molecular complexity index is 879. The molecule has 0 amide bonds. The van der Waals surface area contributed by atoms with Gasteiger partial charge < -0.3 is 15.4 Å². The quantitative estimate of drug-likeness (QED) is 0.869. The van der Waals surface area contributed by atoms with E-state index in [-0.39, 0.29) is 17.8 Å². The first-order valence-electron chi connectivity index (χ1n) is 10.4. The molecule has 27 heavy (non-hydrogen) atoms. The van der Waals surface area contributed by atoms with Gasteiger partial charge in [-0.3, -0.25) is 9.13 Å². The molecule has 1 aromatic carbocycles. The van der Waals surface area contributed by atoms with Crippen molar-refractivity contribution in [1.29, 1.82) is 0 Å². The molecule has 2 aromatic rings. The Kier molecular flexibility index (Phi) is 4.28. The molecule has 6 nitrogen and oxygen atoms in total. The van der Waals surface area contributed by atoms with Crippen molar-refractivity contribution in [3.63, 3.8) is 0 Å². The van der Waals surface area contributed by atoms with E-state index in [1.165, 1.54) is 12.8 Å². The summed E-state index contributed by atoms with van der Waals surface area (Å²) in [6.07, 6.45) is 7.27. The molecule has 0 bridgehead atoms. The molecule has 3 heterocycles. The molecule has 1 unspecified atom stereocenters. The number of hydrogen-bond acceptors (Lipinski definition) is 4. The van der Waals surface area contributed by atoms with Crippen LogP contribution in [0.3, 0.4) is 0 Å². The number of benzene rings is 1. The van der Waals surface area contributed by atoms with Gasteiger partial charge >= 0.3 is 5.69 Å². The molecule has 1 aliphatic carbocycles. The fourth-order valence-electron chi connectivity index (χ4n) is 5.44. The number of para-hydroxylation sites is 1. The smallest absolute Gasteiger partial charge is 0.329 e. The van der Waals surface area contributed by atoms with Crippen LogP contribution in [0.5, 0.6) is 5.75 Å². The van der Waals surface area contributed by atoms with Gasteiger partial charge in [0.15, 0.2) is 0 Å². The maximum Gasteiger partial charge on any atom is 0.329 e. The summed E-state index contributed by atoms with van der Waals surface area (Å²) in [5.74, 6) is 0.864. The highest BCUT2D eigenvalue weighted by Crippen LogP contribution is 2.49. The Labute approximate surface area is 159 Å². The van der Waals surface area contributed by atoms with Crippen LogP contribution in [0, 0.1) is 5.41 Å². The molecule has 1 aromatic heterocycles. The van der Waals surface area contributed by atoms with E-state index < -0.39 is 0 Å². The first-order valence-corrected chi connectivity index (χ1v) is 10.4. The van der Waals surface area contributed by atoms with Gasteiger partial charge in [-0.1, -0.05) is 6.07 Å². The summed E-state index contributed by atoms with van der Waals surface area (Å²) in [6.45, 7) is 4.18. The predicted octanol–water partition coefficient (Wildman–Crippen LogP) is 2.18. The molecule has 3 fully saturated rings. The zero-order valence-electron chi connectivity index (χ0n) is 16.2. The number of hydrogen-bond donors (Lipinski definition) is 2. The molecule has 5 rings (SSSR count). The predicted molar refractivity (Wildman–Crippen MR) is 107 cm³/mol. The first kappa shape index (κ1) is 17.3. The van der Waals surface area contributed by atoms with Crippen molar-refractivity contribution in [1.82, 2.24) is 19.8 Å². The van der Waals surface area contributed by atoms with Crippen molar-refractivity contribution in [2.75, 3.05) is 26.2 Å². The van der Waals surface area contributed by atoms with E-state index in [1.807, 2.05) is 23.7 Å². The number of ether oxygens (including phenoxy) is 1. The molecule has 146 valence electrons. The molecule has 0 radical (unpaired) electrons. The van der Waals surface area contributed by atoms with Crippen molar-refractivity contribution in [3.8, 4) is 5.75 Å². The van der Waals surface area contributed by atoms with Gasteiger partial charge in [0, 0.05) is 13.6 Å². The van der Waals surface area contributed by atoms with Gasteiger partial charge in [0.05, 0.1) is 17.7 Å². The van der Waals surface area contributed by atoms with Gasteiger partial charge in [0.1, 0.15) is 11.3 Å². The average molecular weight is 370 g/mol. The SMILES string of the molecule is Cn1c(=O)n(C2CCCNC2)c2cccc(OC3CC4(CCNCC4)C3)c21. The third kappa shape index (κ3) is 2.90. The van der Waals surface area contributed by atoms with Crippen molar-refractivity contribution in [2.45, 2.75) is 50.7 Å². The molecular formula is C21H30N4O2. The van der Waals surface area contributed by atoms with Crippen LogP contribution in [0.25, 0.3) is 11.0 Å². The number of piperidine rings is 2. The summed E-state index contributed by atoms with van der Waals surface area (Å²) in [6, 6.07) is 6.35. The van der Waals surface area contributed by atoms with Crippen molar-refractivity contribution in [3.05, 3.63) is 28.7 Å². The fraction of sp³-hybridized carbons (Fsp3) is 0.667. The molecule has 3 aliphatic rings. The zero-order chi connectivity index (χ0) is 18.4. The molecule has 2 N–H and O–H groups in total. The Morgan fingerprint density at radius 2 is 1.96 bits per heavy atom. The first-order chi connectivity index (χ1) is 13.2. The molecular weight excluding hydrogens is 340 g/mol. The minimum atomic E-state index is 0.0678. The molecule has 2 saturated heterocycles. The molecule has 2 aliphatic heterocycles. The lowest BCUT2D eigenvalue weighted by Gasteiger charge is -2.49. The second-order valence-corrected chi connectivity index (χ2v) is 8.73. The van der Waals surface area contributed by atoms with Gasteiger partial charge in [-0.25, -0.2) is 4.79 Å². The van der Waals surface area contributed by atoms with Crippen LogP contribution < -0.4 is 21.1 Å². The number of aromatic nitrogens is 2. The molecule has 6 heteroatoms. The van der Waals surface area contributed by atoms with Crippen molar-refractivity contribution < 1.29 is 4.74 Å². The number of rotatable bonds is 3. The van der Waals surface area contributed by atoms with Gasteiger partial charge in [-0.05, 0) is 75.7 Å². The maximum absolute atomic E-state index is 13.0. The number of imidazole rings is 1. The summed E-state index contributed by atoms with van der Waals surface area (Å²) in [4.78, 5) is 13.0. The molecule has 1 saturated carbocycles. The van der Waals surface area contributed by atoms with Crippen molar-refractivity contribution >= 4 is 11.0 Å². The van der Waals surface area contributed by atoms with Crippen LogP contribution in [-0.2, 0) is 7.05 Å². The third-order valence-corrected chi connectivity index (χ3v) is 6.98. The van der Waals surface area contributed by atoms with Crippen molar-refractivity contribution in [2.24, 2.45) is 12.5 Å². The van der Waals surface area contributed by atoms with Gasteiger partial charge in [-0.2, -0.15) is 0 Å². The monoisotopic (exact) mass is 370 g/mol. The maximum atomic E-state index is 13.0. The van der Waals surface area contributed by atoms with Crippen LogP contribution in [-0.4, -0.2) is 41.4 Å². The minimum absolute atomic E-state index is 0.0678. The van der Waals surface area contributed by atoms with Gasteiger partial charge in [-0.15, -0.1) is 0 Å². The Hall–Kier alpha value is -1.79. The van der Waals surface area contributed by atoms with Gasteiger partial charge in [0.2, 0.25) is 0 Å². The summed E-state index contributed by atoms with van der Waals surface area (Å²) in [5, 5.41) is 6.88. The minimum Gasteiger partial charge on any atom is -0.488 e. The average Bonchev–Trinajstić information content (AvgIpc) is 2.93. The number of nitrogens with one attached hydrogen (secondary N) is 2. The topological polar surface area (TPSA) is 60.2 Å². The third-order valence-electron chi connectivity index (χ3n) is 6.98. The lowest BCUT2D eigenvalue weighted by Crippen LogP contribution is -2.49. The van der Waals surface area contributed by atoms with Gasteiger partial charge in [0.25, 0.3) is 0 Å². The second kappa shape index (κ2) is 6.67. The zero-order valence-corrected chi connectivity index (χ0v) is 16.2. The van der Waals surface area contributed by atoms with Crippen LogP contribution in [0.4, 0.5) is 0 Å². The fourth-order valence-corrected chi connectivity index (χ4v) is 5.44. The number of fused-ring (bicyclic) bond motifs is 1. The lowest BCUT2D eigenvalue weighted by atomic mass is 9.62. The van der Waals surface area contributed by atoms with E-state index in [1.54, 1.807) is 4.57 Å². The van der Waals surface area contributed by atoms with Crippen LogP contribution >= 0.6 is 0 Å². The van der Waals surface area contributed by atoms with E-state index in [0.29, 0.717) is 5.41 Å². The van der Waals surface area contributed by atoms with E-state index in [9.17, 15) is 4.79 Å². The van der Waals surface area contributed by atoms with Crippen LogP contribution in [0.2, 0.25) is 0 Å². The highest BCUT2D eigenvalue weighted by Gasteiger charge is 2.46. The highest BCUT2D eigenvalue weighted by molar-refractivity contribution is 5.83. The molecule has 1 atom stereocenters. The van der Waals surface area contributed by atoms with Crippen LogP contribution in [0.15, 0.2) is 23.0 Å². The summed E-state index contributed by atoms with van der Waals surface area (Å²) in [7, 11) is 1.87. The lowest BCUT2D eigenvalue weighted by molar-refractivity contribution is -0.0342. The highest BCUT2D eigenvalue weighted by atomic mass is 16.5. The Balaban J connectivity index is 1.43. The van der Waals surface area contributed by atoms with E-state index in [2.05, 4.69) is 16.7 Å². The number of nitrogens with zero attached hydrogens (tertiary/aromatic N) is 2.